The molecule has 0 unspecified atom stereocenters. The van der Waals surface area contributed by atoms with Crippen molar-refractivity contribution in [2.75, 3.05) is 0 Å². The van der Waals surface area contributed by atoms with E-state index in [9.17, 15) is 5.11 Å². The van der Waals surface area contributed by atoms with Gasteiger partial charge in [-0.15, -0.1) is 5.76 Å². The quantitative estimate of drug-likeness (QED) is 0.584. The van der Waals surface area contributed by atoms with Gasteiger partial charge in [-0.2, -0.15) is 0 Å². The van der Waals surface area contributed by atoms with Crippen molar-refractivity contribution in [1.29, 1.82) is 0 Å². The fourth-order valence-corrected chi connectivity index (χ4v) is 4.59. The third-order valence-corrected chi connectivity index (χ3v) is 9.96. The standard InChI is InChI=1S/C17H34O2Si.Li/c1-8-15(18)17(5,14-12-10-9-11-13-14)19-20(6,7)16(2,3)4;/h8,14,18H,9-13H2,1-7H3;/q;+1/p-1/b15-8-;/t17-;/m0./s1. The summed E-state index contributed by atoms with van der Waals surface area (Å²) in [6.45, 7) is 15.1. The summed E-state index contributed by atoms with van der Waals surface area (Å²) in [6, 6.07) is 0. The number of rotatable bonds is 4. The molecule has 0 N–H and O–H groups in total. The molecule has 0 aliphatic heterocycles. The van der Waals surface area contributed by atoms with Gasteiger partial charge in [-0.3, -0.25) is 0 Å². The predicted molar refractivity (Wildman–Crippen MR) is 87.0 cm³/mol. The Balaban J connectivity index is 0.00000400. The van der Waals surface area contributed by atoms with Gasteiger partial charge in [0.15, 0.2) is 8.32 Å². The second kappa shape index (κ2) is 7.73. The zero-order valence-corrected chi connectivity index (χ0v) is 16.5. The average Bonchev–Trinajstić information content (AvgIpc) is 2.36. The maximum atomic E-state index is 12.6. The molecule has 1 saturated carbocycles. The van der Waals surface area contributed by atoms with Crippen molar-refractivity contribution < 1.29 is 28.4 Å². The van der Waals surface area contributed by atoms with Crippen LogP contribution in [0.4, 0.5) is 0 Å². The molecule has 1 atom stereocenters. The van der Waals surface area contributed by atoms with Crippen LogP contribution in [0.5, 0.6) is 0 Å². The molecular formula is C17H33LiO2Si. The first-order valence-electron chi connectivity index (χ1n) is 8.08. The SMILES string of the molecule is C/C=C(\[O-])[C@@](C)(O[Si](C)(C)C(C)(C)C)C1CCCCC1.[Li+]. The maximum absolute atomic E-state index is 12.6. The zero-order valence-electron chi connectivity index (χ0n) is 15.5. The normalized spacial score (nSPS) is 21.6. The Kier molecular flexibility index (Phi) is 7.84. The average molecular weight is 304 g/mol. The Morgan fingerprint density at radius 2 is 1.57 bits per heavy atom. The molecule has 4 heteroatoms. The van der Waals surface area contributed by atoms with E-state index in [4.69, 9.17) is 4.43 Å². The van der Waals surface area contributed by atoms with Crippen LogP contribution in [0.3, 0.4) is 0 Å². The molecular weight excluding hydrogens is 271 g/mol. The minimum atomic E-state index is -1.94. The van der Waals surface area contributed by atoms with E-state index in [1.165, 1.54) is 19.3 Å². The van der Waals surface area contributed by atoms with Gasteiger partial charge in [0, 0.05) is 0 Å². The van der Waals surface area contributed by atoms with E-state index < -0.39 is 13.9 Å². The van der Waals surface area contributed by atoms with Crippen LogP contribution in [-0.4, -0.2) is 13.9 Å². The first-order chi connectivity index (χ1) is 9.04. The van der Waals surface area contributed by atoms with Crippen LogP contribution >= 0.6 is 0 Å². The number of allylic oxidation sites excluding steroid dienone is 1. The molecule has 1 rings (SSSR count). The molecule has 0 radical (unpaired) electrons. The molecule has 0 heterocycles. The van der Waals surface area contributed by atoms with E-state index in [1.54, 1.807) is 6.08 Å². The Bertz CT molecular complexity index is 354. The third-order valence-electron chi connectivity index (χ3n) is 5.41. The van der Waals surface area contributed by atoms with E-state index in [2.05, 4.69) is 33.9 Å². The van der Waals surface area contributed by atoms with Gasteiger partial charge in [0.05, 0.1) is 5.60 Å². The molecule has 0 saturated heterocycles. The summed E-state index contributed by atoms with van der Waals surface area (Å²) in [5.41, 5.74) is -0.613. The van der Waals surface area contributed by atoms with Gasteiger partial charge >= 0.3 is 18.9 Å². The second-order valence-electron chi connectivity index (χ2n) is 7.96. The summed E-state index contributed by atoms with van der Waals surface area (Å²) in [5.74, 6) is 0.559. The van der Waals surface area contributed by atoms with Gasteiger partial charge in [0.1, 0.15) is 0 Å². The minimum absolute atomic E-state index is 0. The largest absolute Gasteiger partial charge is 1.00 e. The molecule has 0 bridgehead atoms. The molecule has 118 valence electrons. The van der Waals surface area contributed by atoms with Crippen LogP contribution in [0, 0.1) is 5.92 Å². The van der Waals surface area contributed by atoms with Crippen LogP contribution in [0.2, 0.25) is 18.1 Å². The molecule has 0 aromatic carbocycles. The van der Waals surface area contributed by atoms with Crippen LogP contribution in [-0.2, 0) is 4.43 Å². The van der Waals surface area contributed by atoms with Crippen molar-refractivity contribution in [1.82, 2.24) is 0 Å². The van der Waals surface area contributed by atoms with Crippen molar-refractivity contribution in [2.45, 2.75) is 90.5 Å². The summed E-state index contributed by atoms with van der Waals surface area (Å²) < 4.78 is 6.64. The smallest absolute Gasteiger partial charge is 0.874 e. The molecule has 0 aromatic rings. The molecule has 21 heavy (non-hydrogen) atoms. The molecule has 1 aliphatic rings. The Morgan fingerprint density at radius 3 is 1.95 bits per heavy atom. The first-order valence-corrected chi connectivity index (χ1v) is 11.0. The van der Waals surface area contributed by atoms with Crippen LogP contribution in [0.1, 0.15) is 66.7 Å². The summed E-state index contributed by atoms with van der Waals surface area (Å²) in [6.07, 6.45) is 7.74. The van der Waals surface area contributed by atoms with E-state index in [0.717, 1.165) is 12.8 Å². The van der Waals surface area contributed by atoms with E-state index in [1.807, 2.05) is 13.8 Å². The molecule has 0 amide bonds. The topological polar surface area (TPSA) is 32.3 Å². The summed E-state index contributed by atoms with van der Waals surface area (Å²) in [7, 11) is -1.94. The Labute approximate surface area is 145 Å². The van der Waals surface area contributed by atoms with Crippen molar-refractivity contribution in [3.05, 3.63) is 11.8 Å². The first kappa shape index (κ1) is 21.3. The van der Waals surface area contributed by atoms with Crippen molar-refractivity contribution >= 4 is 8.32 Å². The zero-order chi connectivity index (χ0) is 15.6. The summed E-state index contributed by atoms with van der Waals surface area (Å²) in [5, 5.41) is 12.7. The minimum Gasteiger partial charge on any atom is -0.874 e. The fourth-order valence-electron chi connectivity index (χ4n) is 2.96. The monoisotopic (exact) mass is 304 g/mol. The van der Waals surface area contributed by atoms with Gasteiger partial charge in [-0.05, 0) is 50.7 Å². The van der Waals surface area contributed by atoms with E-state index in [0.29, 0.717) is 5.92 Å². The van der Waals surface area contributed by atoms with Crippen LogP contribution < -0.4 is 24.0 Å². The van der Waals surface area contributed by atoms with Crippen molar-refractivity contribution in [3.8, 4) is 0 Å². The molecule has 2 nitrogen and oxygen atoms in total. The van der Waals surface area contributed by atoms with E-state index >= 15 is 0 Å². The van der Waals surface area contributed by atoms with E-state index in [-0.39, 0.29) is 29.7 Å². The van der Waals surface area contributed by atoms with Gasteiger partial charge in [0.2, 0.25) is 0 Å². The number of hydrogen-bond donors (Lipinski definition) is 0. The van der Waals surface area contributed by atoms with Crippen molar-refractivity contribution in [3.63, 3.8) is 0 Å². The molecule has 0 spiro atoms. The van der Waals surface area contributed by atoms with Gasteiger partial charge in [0.25, 0.3) is 0 Å². The molecule has 0 aromatic heterocycles. The third kappa shape index (κ3) is 4.89. The summed E-state index contributed by atoms with van der Waals surface area (Å²) >= 11 is 0. The van der Waals surface area contributed by atoms with Crippen molar-refractivity contribution in [2.24, 2.45) is 5.92 Å². The fraction of sp³-hybridized carbons (Fsp3) is 0.882. The Morgan fingerprint density at radius 1 is 1.10 bits per heavy atom. The summed E-state index contributed by atoms with van der Waals surface area (Å²) in [4.78, 5) is 0. The van der Waals surface area contributed by atoms with Gasteiger partial charge < -0.3 is 9.53 Å². The molecule has 1 fully saturated rings. The van der Waals surface area contributed by atoms with Gasteiger partial charge in [-0.25, -0.2) is 0 Å². The second-order valence-corrected chi connectivity index (χ2v) is 12.7. The number of hydrogen-bond acceptors (Lipinski definition) is 2. The molecule has 1 aliphatic carbocycles. The van der Waals surface area contributed by atoms with Crippen LogP contribution in [0.15, 0.2) is 11.8 Å². The Hall–Kier alpha value is 0.314. The maximum Gasteiger partial charge on any atom is 1.00 e. The van der Waals surface area contributed by atoms with Gasteiger partial charge in [-0.1, -0.05) is 46.1 Å². The van der Waals surface area contributed by atoms with Crippen LogP contribution in [0.25, 0.3) is 0 Å². The predicted octanol–water partition coefficient (Wildman–Crippen LogP) is 1.62.